The molecule has 2 rings (SSSR count). The van der Waals surface area contributed by atoms with Gasteiger partial charge in [0.1, 0.15) is 0 Å². The van der Waals surface area contributed by atoms with E-state index in [0.717, 1.165) is 24.0 Å². The van der Waals surface area contributed by atoms with Crippen LogP contribution in [0.5, 0.6) is 0 Å². The molecule has 0 unspecified atom stereocenters. The van der Waals surface area contributed by atoms with Gasteiger partial charge in [0, 0.05) is 6.26 Å². The van der Waals surface area contributed by atoms with Crippen molar-refractivity contribution < 1.29 is 8.42 Å². The van der Waals surface area contributed by atoms with E-state index in [1.165, 1.54) is 17.4 Å². The summed E-state index contributed by atoms with van der Waals surface area (Å²) >= 11 is 0. The summed E-state index contributed by atoms with van der Waals surface area (Å²) in [7, 11) is -3.21. The van der Waals surface area contributed by atoms with Gasteiger partial charge >= 0.3 is 0 Å². The molecule has 0 atom stereocenters. The molecule has 128 valence electrons. The number of benzene rings is 2. The molecule has 0 radical (unpaired) electrons. The van der Waals surface area contributed by atoms with Crippen molar-refractivity contribution in [2.24, 2.45) is 0 Å². The van der Waals surface area contributed by atoms with Crippen LogP contribution in [-0.4, -0.2) is 14.7 Å². The quantitative estimate of drug-likeness (QED) is 0.675. The summed E-state index contributed by atoms with van der Waals surface area (Å²) in [6, 6.07) is 13.7. The second-order valence-corrected chi connectivity index (χ2v) is 8.18. The molecular formula is C21H26O2S. The van der Waals surface area contributed by atoms with Crippen LogP contribution in [0.25, 0.3) is 17.2 Å². The molecule has 2 nitrogen and oxygen atoms in total. The molecule has 0 heterocycles. The monoisotopic (exact) mass is 342 g/mol. The minimum atomic E-state index is -3.21. The number of hydrogen-bond acceptors (Lipinski definition) is 2. The summed E-state index contributed by atoms with van der Waals surface area (Å²) in [6.07, 6.45) is 7.52. The van der Waals surface area contributed by atoms with Gasteiger partial charge in [0.15, 0.2) is 9.84 Å². The normalized spacial score (nSPS) is 12.2. The Kier molecular flexibility index (Phi) is 6.00. The molecule has 0 saturated heterocycles. The van der Waals surface area contributed by atoms with Crippen molar-refractivity contribution in [2.45, 2.75) is 44.4 Å². The van der Waals surface area contributed by atoms with Gasteiger partial charge in [-0.25, -0.2) is 8.42 Å². The van der Waals surface area contributed by atoms with Crippen LogP contribution in [0.2, 0.25) is 0 Å². The van der Waals surface area contributed by atoms with Crippen LogP contribution in [0.3, 0.4) is 0 Å². The lowest BCUT2D eigenvalue weighted by molar-refractivity contribution is 0.602. The summed E-state index contributed by atoms with van der Waals surface area (Å²) in [5, 5.41) is 0. The van der Waals surface area contributed by atoms with Gasteiger partial charge in [-0.2, -0.15) is 0 Å². The molecule has 2 aromatic rings. The zero-order valence-corrected chi connectivity index (χ0v) is 15.7. The average Bonchev–Trinajstić information content (AvgIpc) is 2.56. The Morgan fingerprint density at radius 1 is 1.04 bits per heavy atom. The lowest BCUT2D eigenvalue weighted by Gasteiger charge is -2.19. The SMILES string of the molecule is C/C=C/c1ccc(-c2cccc(S(C)(=O)=O)c2)c(C(CC)CC)c1. The number of rotatable bonds is 6. The molecule has 0 saturated carbocycles. The third-order valence-electron chi connectivity index (χ3n) is 4.43. The fourth-order valence-corrected chi connectivity index (χ4v) is 3.77. The number of allylic oxidation sites excluding steroid dienone is 1. The molecule has 3 heteroatoms. The van der Waals surface area contributed by atoms with Crippen LogP contribution in [0.1, 0.15) is 50.7 Å². The first-order chi connectivity index (χ1) is 11.4. The zero-order valence-electron chi connectivity index (χ0n) is 14.9. The molecule has 0 spiro atoms. The van der Waals surface area contributed by atoms with E-state index in [-0.39, 0.29) is 0 Å². The van der Waals surface area contributed by atoms with Crippen LogP contribution < -0.4 is 0 Å². The molecule has 0 aliphatic carbocycles. The van der Waals surface area contributed by atoms with Gasteiger partial charge in [0.05, 0.1) is 4.90 Å². The van der Waals surface area contributed by atoms with Crippen molar-refractivity contribution in [1.82, 2.24) is 0 Å². The summed E-state index contributed by atoms with van der Waals surface area (Å²) in [4.78, 5) is 0.369. The third-order valence-corrected chi connectivity index (χ3v) is 5.54. The van der Waals surface area contributed by atoms with Crippen molar-refractivity contribution in [3.63, 3.8) is 0 Å². The lowest BCUT2D eigenvalue weighted by atomic mass is 9.86. The van der Waals surface area contributed by atoms with Crippen LogP contribution in [0, 0.1) is 0 Å². The van der Waals surface area contributed by atoms with Crippen molar-refractivity contribution in [3.8, 4) is 11.1 Å². The predicted octanol–water partition coefficient (Wildman–Crippen LogP) is 5.69. The molecule has 0 amide bonds. The van der Waals surface area contributed by atoms with Gasteiger partial charge in [-0.05, 0) is 60.1 Å². The summed E-state index contributed by atoms with van der Waals surface area (Å²) in [5.74, 6) is 0.465. The Morgan fingerprint density at radius 3 is 2.33 bits per heavy atom. The Labute approximate surface area is 146 Å². The topological polar surface area (TPSA) is 34.1 Å². The minimum absolute atomic E-state index is 0.369. The van der Waals surface area contributed by atoms with Gasteiger partial charge < -0.3 is 0 Å². The molecule has 0 aliphatic heterocycles. The standard InChI is InChI=1S/C21H26O2S/c1-5-9-16-12-13-20(21(14-16)17(6-2)7-3)18-10-8-11-19(15-18)24(4,22)23/h5,8-15,17H,6-7H2,1-4H3/b9-5+. The molecule has 0 aliphatic rings. The first-order valence-electron chi connectivity index (χ1n) is 8.47. The molecule has 0 fully saturated rings. The van der Waals surface area contributed by atoms with Gasteiger partial charge in [0.2, 0.25) is 0 Å². The highest BCUT2D eigenvalue weighted by atomic mass is 32.2. The predicted molar refractivity (Wildman–Crippen MR) is 103 cm³/mol. The van der Waals surface area contributed by atoms with E-state index in [9.17, 15) is 8.42 Å². The summed E-state index contributed by atoms with van der Waals surface area (Å²) < 4.78 is 23.8. The van der Waals surface area contributed by atoms with E-state index in [4.69, 9.17) is 0 Å². The maximum Gasteiger partial charge on any atom is 0.175 e. The number of sulfone groups is 1. The molecular weight excluding hydrogens is 316 g/mol. The molecule has 0 bridgehead atoms. The highest BCUT2D eigenvalue weighted by molar-refractivity contribution is 7.90. The van der Waals surface area contributed by atoms with E-state index in [2.05, 4.69) is 38.1 Å². The van der Waals surface area contributed by atoms with Gasteiger partial charge in [-0.3, -0.25) is 0 Å². The van der Waals surface area contributed by atoms with Crippen LogP contribution in [0.4, 0.5) is 0 Å². The van der Waals surface area contributed by atoms with Gasteiger partial charge in [-0.1, -0.05) is 56.3 Å². The second-order valence-electron chi connectivity index (χ2n) is 6.16. The zero-order chi connectivity index (χ0) is 17.7. The van der Waals surface area contributed by atoms with Crippen molar-refractivity contribution in [2.75, 3.05) is 6.26 Å². The van der Waals surface area contributed by atoms with Crippen molar-refractivity contribution >= 4 is 15.9 Å². The molecule has 2 aromatic carbocycles. The molecule has 0 aromatic heterocycles. The van der Waals surface area contributed by atoms with Crippen molar-refractivity contribution in [1.29, 1.82) is 0 Å². The first-order valence-corrected chi connectivity index (χ1v) is 10.4. The Balaban J connectivity index is 2.65. The number of hydrogen-bond donors (Lipinski definition) is 0. The van der Waals surface area contributed by atoms with Crippen LogP contribution in [-0.2, 0) is 9.84 Å². The van der Waals surface area contributed by atoms with E-state index >= 15 is 0 Å². The van der Waals surface area contributed by atoms with Crippen LogP contribution >= 0.6 is 0 Å². The van der Waals surface area contributed by atoms with E-state index in [1.54, 1.807) is 12.1 Å². The van der Waals surface area contributed by atoms with E-state index in [0.29, 0.717) is 10.8 Å². The highest BCUT2D eigenvalue weighted by Crippen LogP contribution is 2.35. The van der Waals surface area contributed by atoms with E-state index < -0.39 is 9.84 Å². The fraction of sp³-hybridized carbons (Fsp3) is 0.333. The van der Waals surface area contributed by atoms with Gasteiger partial charge in [0.25, 0.3) is 0 Å². The molecule has 24 heavy (non-hydrogen) atoms. The van der Waals surface area contributed by atoms with Crippen LogP contribution in [0.15, 0.2) is 53.4 Å². The van der Waals surface area contributed by atoms with Gasteiger partial charge in [-0.15, -0.1) is 0 Å². The maximum absolute atomic E-state index is 11.9. The van der Waals surface area contributed by atoms with E-state index in [1.807, 2.05) is 25.1 Å². The Morgan fingerprint density at radius 2 is 1.75 bits per heavy atom. The maximum atomic E-state index is 11.9. The molecule has 0 N–H and O–H groups in total. The third kappa shape index (κ3) is 4.15. The summed E-state index contributed by atoms with van der Waals surface area (Å²) in [5.41, 5.74) is 4.57. The van der Waals surface area contributed by atoms with Crippen molar-refractivity contribution in [3.05, 3.63) is 59.7 Å². The lowest BCUT2D eigenvalue weighted by Crippen LogP contribution is -2.01. The Bertz CT molecular complexity index is 829. The average molecular weight is 343 g/mol. The largest absolute Gasteiger partial charge is 0.224 e. The minimum Gasteiger partial charge on any atom is -0.224 e. The summed E-state index contributed by atoms with van der Waals surface area (Å²) in [6.45, 7) is 6.42. The Hall–Kier alpha value is -1.87. The first kappa shape index (κ1) is 18.5. The fourth-order valence-electron chi connectivity index (χ4n) is 3.10. The smallest absolute Gasteiger partial charge is 0.175 e. The second kappa shape index (κ2) is 7.80. The highest BCUT2D eigenvalue weighted by Gasteiger charge is 2.15.